The summed E-state index contributed by atoms with van der Waals surface area (Å²) in [5.41, 5.74) is -0.210. The maximum Gasteiger partial charge on any atom is 0.269 e. The highest BCUT2D eigenvalue weighted by atomic mass is 16.6. The highest BCUT2D eigenvalue weighted by Gasteiger charge is 2.31. The zero-order valence-corrected chi connectivity index (χ0v) is 11.2. The zero-order chi connectivity index (χ0) is 14.6. The minimum atomic E-state index is -0.779. The molecule has 0 aromatic heterocycles. The first-order valence-electron chi connectivity index (χ1n) is 6.71. The lowest BCUT2D eigenvalue weighted by atomic mass is 10.0. The average molecular weight is 278 g/mol. The number of non-ortho nitro benzene ring substituents is 1. The van der Waals surface area contributed by atoms with Gasteiger partial charge in [0.05, 0.1) is 16.9 Å². The van der Waals surface area contributed by atoms with Crippen LogP contribution in [0.2, 0.25) is 0 Å². The van der Waals surface area contributed by atoms with Crippen LogP contribution >= 0.6 is 0 Å². The third-order valence-corrected chi connectivity index (χ3v) is 3.63. The first-order valence-corrected chi connectivity index (χ1v) is 6.71. The average Bonchev–Trinajstić information content (AvgIpc) is 2.84. The molecule has 0 unspecified atom stereocenters. The Hall–Kier alpha value is -1.95. The van der Waals surface area contributed by atoms with Gasteiger partial charge in [0.1, 0.15) is 0 Å². The zero-order valence-electron chi connectivity index (χ0n) is 11.2. The molecule has 1 amide bonds. The van der Waals surface area contributed by atoms with E-state index in [-0.39, 0.29) is 24.6 Å². The quantitative estimate of drug-likeness (QED) is 0.631. The van der Waals surface area contributed by atoms with Crippen LogP contribution in [-0.2, 0) is 11.2 Å². The number of nitro benzene ring substituents is 1. The number of nitrogens with zero attached hydrogens (tertiary/aromatic N) is 1. The SMILES string of the molecule is O=C(Cc1cccc([N+](=O)[O-])c1)NCC1(O)CCCC1. The first kappa shape index (κ1) is 14.5. The number of hydrogen-bond acceptors (Lipinski definition) is 4. The van der Waals surface area contributed by atoms with Crippen LogP contribution in [0, 0.1) is 10.1 Å². The Kier molecular flexibility index (Phi) is 4.34. The van der Waals surface area contributed by atoms with Gasteiger partial charge in [-0.1, -0.05) is 25.0 Å². The van der Waals surface area contributed by atoms with Crippen molar-refractivity contribution in [1.29, 1.82) is 0 Å². The van der Waals surface area contributed by atoms with Gasteiger partial charge in [0.2, 0.25) is 5.91 Å². The molecule has 0 saturated heterocycles. The van der Waals surface area contributed by atoms with E-state index in [9.17, 15) is 20.0 Å². The van der Waals surface area contributed by atoms with Crippen molar-refractivity contribution in [3.05, 3.63) is 39.9 Å². The van der Waals surface area contributed by atoms with Crippen LogP contribution in [0.5, 0.6) is 0 Å². The highest BCUT2D eigenvalue weighted by molar-refractivity contribution is 5.78. The molecule has 6 nitrogen and oxygen atoms in total. The van der Waals surface area contributed by atoms with E-state index in [1.165, 1.54) is 12.1 Å². The fourth-order valence-corrected chi connectivity index (χ4v) is 2.50. The molecule has 0 heterocycles. The van der Waals surface area contributed by atoms with Gasteiger partial charge in [-0.05, 0) is 18.4 Å². The van der Waals surface area contributed by atoms with E-state index >= 15 is 0 Å². The lowest BCUT2D eigenvalue weighted by molar-refractivity contribution is -0.384. The molecule has 2 rings (SSSR count). The predicted octanol–water partition coefficient (Wildman–Crippen LogP) is 1.56. The van der Waals surface area contributed by atoms with Crippen molar-refractivity contribution in [2.45, 2.75) is 37.7 Å². The highest BCUT2D eigenvalue weighted by Crippen LogP contribution is 2.28. The standard InChI is InChI=1S/C14H18N2O4/c17-13(15-10-14(18)6-1-2-7-14)9-11-4-3-5-12(8-11)16(19)20/h3-5,8,18H,1-2,6-7,9-10H2,(H,15,17). The Balaban J connectivity index is 1.88. The Morgan fingerprint density at radius 1 is 1.40 bits per heavy atom. The molecule has 1 fully saturated rings. The van der Waals surface area contributed by atoms with E-state index < -0.39 is 10.5 Å². The normalized spacial score (nSPS) is 16.9. The van der Waals surface area contributed by atoms with Crippen LogP contribution < -0.4 is 5.32 Å². The molecule has 1 aromatic rings. The third kappa shape index (κ3) is 3.77. The first-order chi connectivity index (χ1) is 9.48. The molecule has 0 aliphatic heterocycles. The van der Waals surface area contributed by atoms with E-state index in [1.807, 2.05) is 0 Å². The number of nitro groups is 1. The molecule has 6 heteroatoms. The number of hydrogen-bond donors (Lipinski definition) is 2. The van der Waals surface area contributed by atoms with Gasteiger partial charge in [-0.2, -0.15) is 0 Å². The van der Waals surface area contributed by atoms with Crippen molar-refractivity contribution < 1.29 is 14.8 Å². The summed E-state index contributed by atoms with van der Waals surface area (Å²) in [5.74, 6) is -0.231. The molecule has 1 aromatic carbocycles. The van der Waals surface area contributed by atoms with Crippen LogP contribution in [0.25, 0.3) is 0 Å². The predicted molar refractivity (Wildman–Crippen MR) is 73.2 cm³/mol. The molecule has 108 valence electrons. The second-order valence-corrected chi connectivity index (χ2v) is 5.31. The van der Waals surface area contributed by atoms with Gasteiger partial charge < -0.3 is 10.4 Å². The fraction of sp³-hybridized carbons (Fsp3) is 0.500. The van der Waals surface area contributed by atoms with Crippen molar-refractivity contribution in [3.63, 3.8) is 0 Å². The van der Waals surface area contributed by atoms with Crippen molar-refractivity contribution in [3.8, 4) is 0 Å². The summed E-state index contributed by atoms with van der Waals surface area (Å²) in [5, 5.41) is 23.5. The van der Waals surface area contributed by atoms with Gasteiger partial charge in [-0.25, -0.2) is 0 Å². The minimum Gasteiger partial charge on any atom is -0.388 e. The third-order valence-electron chi connectivity index (χ3n) is 3.63. The lowest BCUT2D eigenvalue weighted by Gasteiger charge is -2.22. The number of rotatable bonds is 5. The van der Waals surface area contributed by atoms with Crippen molar-refractivity contribution in [1.82, 2.24) is 5.32 Å². The van der Waals surface area contributed by atoms with Crippen LogP contribution in [-0.4, -0.2) is 28.1 Å². The summed E-state index contributed by atoms with van der Waals surface area (Å²) in [6.07, 6.45) is 3.47. The number of carbonyl (C=O) groups excluding carboxylic acids is 1. The summed E-state index contributed by atoms with van der Waals surface area (Å²) < 4.78 is 0. The van der Waals surface area contributed by atoms with E-state index in [2.05, 4.69) is 5.32 Å². The van der Waals surface area contributed by atoms with Gasteiger partial charge >= 0.3 is 0 Å². The molecular weight excluding hydrogens is 260 g/mol. The fourth-order valence-electron chi connectivity index (χ4n) is 2.50. The Morgan fingerprint density at radius 3 is 2.75 bits per heavy atom. The second kappa shape index (κ2) is 6.00. The van der Waals surface area contributed by atoms with Gasteiger partial charge in [-0.15, -0.1) is 0 Å². The van der Waals surface area contributed by atoms with Crippen LogP contribution in [0.3, 0.4) is 0 Å². The Morgan fingerprint density at radius 2 is 2.10 bits per heavy atom. The second-order valence-electron chi connectivity index (χ2n) is 5.31. The summed E-state index contributed by atoms with van der Waals surface area (Å²) in [6, 6.07) is 6.02. The van der Waals surface area contributed by atoms with E-state index in [4.69, 9.17) is 0 Å². The number of aliphatic hydroxyl groups is 1. The van der Waals surface area contributed by atoms with E-state index in [1.54, 1.807) is 12.1 Å². The monoisotopic (exact) mass is 278 g/mol. The number of amides is 1. The molecule has 0 atom stereocenters. The molecule has 0 bridgehead atoms. The van der Waals surface area contributed by atoms with Gasteiger partial charge in [0.15, 0.2) is 0 Å². The number of carbonyl (C=O) groups is 1. The minimum absolute atomic E-state index is 0.0234. The van der Waals surface area contributed by atoms with Gasteiger partial charge in [-0.3, -0.25) is 14.9 Å². The smallest absolute Gasteiger partial charge is 0.269 e. The molecule has 20 heavy (non-hydrogen) atoms. The maximum absolute atomic E-state index is 11.8. The molecule has 1 aliphatic rings. The summed E-state index contributed by atoms with van der Waals surface area (Å²) in [6.45, 7) is 0.251. The van der Waals surface area contributed by atoms with Crippen LogP contribution in [0.15, 0.2) is 24.3 Å². The van der Waals surface area contributed by atoms with Gasteiger partial charge in [0.25, 0.3) is 5.69 Å². The number of nitrogens with one attached hydrogen (secondary N) is 1. The largest absolute Gasteiger partial charge is 0.388 e. The Labute approximate surface area is 117 Å². The number of benzene rings is 1. The Bertz CT molecular complexity index is 510. The topological polar surface area (TPSA) is 92.5 Å². The molecular formula is C14H18N2O4. The summed E-state index contributed by atoms with van der Waals surface area (Å²) in [7, 11) is 0. The molecule has 1 aliphatic carbocycles. The summed E-state index contributed by atoms with van der Waals surface area (Å²) in [4.78, 5) is 22.0. The van der Waals surface area contributed by atoms with E-state index in [0.29, 0.717) is 18.4 Å². The molecule has 0 spiro atoms. The van der Waals surface area contributed by atoms with Crippen molar-refractivity contribution >= 4 is 11.6 Å². The van der Waals surface area contributed by atoms with Crippen molar-refractivity contribution in [2.75, 3.05) is 6.54 Å². The van der Waals surface area contributed by atoms with Crippen molar-refractivity contribution in [2.24, 2.45) is 0 Å². The summed E-state index contributed by atoms with van der Waals surface area (Å²) >= 11 is 0. The van der Waals surface area contributed by atoms with Gasteiger partial charge in [0, 0.05) is 18.7 Å². The molecule has 2 N–H and O–H groups in total. The van der Waals surface area contributed by atoms with E-state index in [0.717, 1.165) is 12.8 Å². The molecule has 1 saturated carbocycles. The van der Waals surface area contributed by atoms with Crippen LogP contribution in [0.4, 0.5) is 5.69 Å². The lowest BCUT2D eigenvalue weighted by Crippen LogP contribution is -2.41. The molecule has 0 radical (unpaired) electrons. The maximum atomic E-state index is 11.8. The van der Waals surface area contributed by atoms with Crippen LogP contribution in [0.1, 0.15) is 31.2 Å².